The van der Waals surface area contributed by atoms with E-state index in [1.807, 2.05) is 19.2 Å². The molecule has 1 aromatic carbocycles. The van der Waals surface area contributed by atoms with Gasteiger partial charge in [0.05, 0.1) is 35.4 Å². The highest BCUT2D eigenvalue weighted by atomic mass is 35.5. The van der Waals surface area contributed by atoms with Gasteiger partial charge in [-0.2, -0.15) is 0 Å². The van der Waals surface area contributed by atoms with Crippen LogP contribution < -0.4 is 15.4 Å². The number of rotatable bonds is 5. The Hall–Kier alpha value is -2.89. The van der Waals surface area contributed by atoms with Gasteiger partial charge in [-0.25, -0.2) is 17.9 Å². The number of likely N-dealkylation sites (tertiary alicyclic amines) is 1. The number of amides is 1. The Morgan fingerprint density at radius 3 is 2.72 bits per heavy atom. The molecule has 3 aromatic rings. The van der Waals surface area contributed by atoms with Gasteiger partial charge in [-0.05, 0) is 62.4 Å². The molecule has 2 aromatic heterocycles. The monoisotopic (exact) mass is 531 g/mol. The van der Waals surface area contributed by atoms with E-state index in [4.69, 9.17) is 27.4 Å². The minimum atomic E-state index is -3.58. The molecular weight excluding hydrogens is 502 g/mol. The first-order valence-electron chi connectivity index (χ1n) is 12.0. The van der Waals surface area contributed by atoms with E-state index in [0.29, 0.717) is 11.6 Å². The van der Waals surface area contributed by atoms with E-state index in [-0.39, 0.29) is 29.2 Å². The fraction of sp³-hybridized carbons (Fsp3) is 0.458. The van der Waals surface area contributed by atoms with Crippen LogP contribution in [0.5, 0.6) is 0 Å². The van der Waals surface area contributed by atoms with Gasteiger partial charge in [0.25, 0.3) is 5.91 Å². The molecule has 3 N–H and O–H groups in total. The van der Waals surface area contributed by atoms with Gasteiger partial charge in [0.2, 0.25) is 10.0 Å². The van der Waals surface area contributed by atoms with Crippen molar-refractivity contribution in [2.24, 2.45) is 5.73 Å². The van der Waals surface area contributed by atoms with Gasteiger partial charge in [-0.3, -0.25) is 9.52 Å². The number of hydrogen-bond donors (Lipinski definition) is 2. The number of fused-ring (bicyclic) bond motifs is 1. The molecule has 2 aliphatic rings. The van der Waals surface area contributed by atoms with Gasteiger partial charge in [0, 0.05) is 30.7 Å². The van der Waals surface area contributed by atoms with Gasteiger partial charge in [0.1, 0.15) is 0 Å². The summed E-state index contributed by atoms with van der Waals surface area (Å²) in [5.41, 5.74) is 9.02. The Labute approximate surface area is 215 Å². The van der Waals surface area contributed by atoms with Gasteiger partial charge >= 0.3 is 0 Å². The molecule has 192 valence electrons. The predicted octanol–water partition coefficient (Wildman–Crippen LogP) is 2.97. The molecule has 0 saturated carbocycles. The molecule has 1 unspecified atom stereocenters. The van der Waals surface area contributed by atoms with Crippen molar-refractivity contribution in [2.45, 2.75) is 44.7 Å². The van der Waals surface area contributed by atoms with Crippen LogP contribution in [0.3, 0.4) is 0 Å². The largest absolute Gasteiger partial charge is 0.353 e. The number of nitrogens with two attached hydrogens (primary N) is 1. The van der Waals surface area contributed by atoms with Crippen LogP contribution in [0.1, 0.15) is 53.3 Å². The number of halogens is 1. The Morgan fingerprint density at radius 2 is 2.00 bits per heavy atom. The second-order valence-electron chi connectivity index (χ2n) is 9.69. The van der Waals surface area contributed by atoms with Crippen molar-refractivity contribution >= 4 is 44.7 Å². The maximum Gasteiger partial charge on any atom is 0.256 e. The number of anilines is 2. The predicted molar refractivity (Wildman–Crippen MR) is 140 cm³/mol. The summed E-state index contributed by atoms with van der Waals surface area (Å²) in [5.74, 6) is 0.604. The van der Waals surface area contributed by atoms with Crippen LogP contribution in [0, 0.1) is 6.92 Å². The molecule has 2 atom stereocenters. The molecule has 5 rings (SSSR count). The maximum absolute atomic E-state index is 13.7. The van der Waals surface area contributed by atoms with Crippen LogP contribution >= 0.6 is 11.6 Å². The number of nitrogens with one attached hydrogen (secondary N) is 1. The molecule has 0 spiro atoms. The molecule has 0 radical (unpaired) electrons. The minimum Gasteiger partial charge on any atom is -0.353 e. The highest BCUT2D eigenvalue weighted by Gasteiger charge is 2.32. The third kappa shape index (κ3) is 5.00. The van der Waals surface area contributed by atoms with E-state index in [9.17, 15) is 13.2 Å². The zero-order valence-electron chi connectivity index (χ0n) is 20.3. The average molecular weight is 532 g/mol. The Morgan fingerprint density at radius 1 is 1.19 bits per heavy atom. The molecular formula is C24H30ClN7O3S. The number of aryl methyl sites for hydroxylation is 1. The number of hydrogen-bond acceptors (Lipinski definition) is 7. The van der Waals surface area contributed by atoms with E-state index in [1.54, 1.807) is 15.5 Å². The SMILES string of the molecule is Cc1cc2nc([C@@H]3CCCCN3C(=O)c3cc(Cl)ccc3NS(C)(=O)=O)cn2nc1N1CCC(N)C1. The minimum absolute atomic E-state index is 0.149. The quantitative estimate of drug-likeness (QED) is 0.518. The molecule has 2 fully saturated rings. The molecule has 10 nitrogen and oxygen atoms in total. The van der Waals surface area contributed by atoms with Crippen molar-refractivity contribution in [2.75, 3.05) is 35.5 Å². The van der Waals surface area contributed by atoms with Crippen LogP contribution in [0.25, 0.3) is 5.65 Å². The standard InChI is InChI=1S/C24H30ClN7O3S/c1-15-11-22-27-20(14-32(22)28-23(15)30-10-8-17(26)13-30)21-5-3-4-9-31(21)24(33)18-12-16(25)6-7-19(18)29-36(2,34)35/h6-7,11-12,14,17,21,29H,3-5,8-10,13,26H2,1-2H3/t17?,21-/m0/s1. The fourth-order valence-electron chi connectivity index (χ4n) is 5.09. The number of benzene rings is 1. The summed E-state index contributed by atoms with van der Waals surface area (Å²) in [5, 5.41) is 5.18. The first-order valence-corrected chi connectivity index (χ1v) is 14.3. The van der Waals surface area contributed by atoms with Gasteiger partial charge in [-0.15, -0.1) is 5.10 Å². The molecule has 36 heavy (non-hydrogen) atoms. The third-order valence-electron chi connectivity index (χ3n) is 6.77. The molecule has 1 amide bonds. The summed E-state index contributed by atoms with van der Waals surface area (Å²) in [6.07, 6.45) is 6.43. The molecule has 12 heteroatoms. The van der Waals surface area contributed by atoms with Crippen molar-refractivity contribution in [3.05, 3.63) is 52.3 Å². The van der Waals surface area contributed by atoms with Gasteiger partial charge in [-0.1, -0.05) is 11.6 Å². The van der Waals surface area contributed by atoms with Crippen molar-refractivity contribution in [3.63, 3.8) is 0 Å². The van der Waals surface area contributed by atoms with Crippen LogP contribution in [0.15, 0.2) is 30.5 Å². The average Bonchev–Trinajstić information content (AvgIpc) is 3.44. The lowest BCUT2D eigenvalue weighted by atomic mass is 9.98. The highest BCUT2D eigenvalue weighted by Crippen LogP contribution is 2.34. The Balaban J connectivity index is 1.49. The zero-order valence-corrected chi connectivity index (χ0v) is 21.9. The number of carbonyl (C=O) groups is 1. The van der Waals surface area contributed by atoms with E-state index >= 15 is 0 Å². The fourth-order valence-corrected chi connectivity index (χ4v) is 5.84. The number of imidazole rings is 1. The van der Waals surface area contributed by atoms with E-state index in [2.05, 4.69) is 9.62 Å². The number of piperidine rings is 1. The van der Waals surface area contributed by atoms with E-state index in [1.165, 1.54) is 12.1 Å². The van der Waals surface area contributed by atoms with Crippen LogP contribution in [-0.2, 0) is 10.0 Å². The Kier molecular flexibility index (Phi) is 6.56. The molecule has 0 bridgehead atoms. The van der Waals surface area contributed by atoms with E-state index in [0.717, 1.165) is 67.8 Å². The molecule has 4 heterocycles. The molecule has 2 aliphatic heterocycles. The first-order chi connectivity index (χ1) is 17.1. The highest BCUT2D eigenvalue weighted by molar-refractivity contribution is 7.92. The number of aromatic nitrogens is 3. The van der Waals surface area contributed by atoms with Crippen molar-refractivity contribution in [3.8, 4) is 0 Å². The van der Waals surface area contributed by atoms with Gasteiger partial charge in [0.15, 0.2) is 11.5 Å². The third-order valence-corrected chi connectivity index (χ3v) is 7.60. The van der Waals surface area contributed by atoms with Crippen molar-refractivity contribution in [1.82, 2.24) is 19.5 Å². The van der Waals surface area contributed by atoms with Gasteiger partial charge < -0.3 is 15.5 Å². The smallest absolute Gasteiger partial charge is 0.256 e. The zero-order chi connectivity index (χ0) is 25.6. The summed E-state index contributed by atoms with van der Waals surface area (Å²) >= 11 is 6.19. The maximum atomic E-state index is 13.7. The number of carbonyl (C=O) groups excluding carboxylic acids is 1. The summed E-state index contributed by atoms with van der Waals surface area (Å²) in [6.45, 7) is 4.20. The lowest BCUT2D eigenvalue weighted by Gasteiger charge is -2.35. The van der Waals surface area contributed by atoms with Crippen LogP contribution in [-0.4, -0.2) is 65.8 Å². The van der Waals surface area contributed by atoms with E-state index < -0.39 is 10.0 Å². The van der Waals surface area contributed by atoms with Crippen LogP contribution in [0.4, 0.5) is 11.5 Å². The lowest BCUT2D eigenvalue weighted by Crippen LogP contribution is -2.39. The topological polar surface area (TPSA) is 126 Å². The Bertz CT molecular complexity index is 1420. The van der Waals surface area contributed by atoms with Crippen LogP contribution in [0.2, 0.25) is 5.02 Å². The molecule has 2 saturated heterocycles. The van der Waals surface area contributed by atoms with Crippen molar-refractivity contribution < 1.29 is 13.2 Å². The summed E-state index contributed by atoms with van der Waals surface area (Å²) in [7, 11) is -3.58. The summed E-state index contributed by atoms with van der Waals surface area (Å²) in [4.78, 5) is 22.5. The second-order valence-corrected chi connectivity index (χ2v) is 11.9. The molecule has 0 aliphatic carbocycles. The number of sulfonamides is 1. The second kappa shape index (κ2) is 9.53. The summed E-state index contributed by atoms with van der Waals surface area (Å²) in [6, 6.07) is 6.47. The lowest BCUT2D eigenvalue weighted by molar-refractivity contribution is 0.0607. The normalized spacial score (nSPS) is 20.8. The number of nitrogens with zero attached hydrogens (tertiary/aromatic N) is 5. The summed E-state index contributed by atoms with van der Waals surface area (Å²) < 4.78 is 28.0. The first kappa shape index (κ1) is 24.8. The van der Waals surface area contributed by atoms with Crippen molar-refractivity contribution in [1.29, 1.82) is 0 Å².